The Morgan fingerprint density at radius 1 is 1.47 bits per heavy atom. The first kappa shape index (κ1) is 10.9. The van der Waals surface area contributed by atoms with Crippen LogP contribution in [-0.4, -0.2) is 35.8 Å². The summed E-state index contributed by atoms with van der Waals surface area (Å²) in [6.45, 7) is 3.06. The van der Waals surface area contributed by atoms with Crippen molar-refractivity contribution < 1.29 is 4.79 Å². The van der Waals surface area contributed by atoms with Crippen LogP contribution in [0.1, 0.15) is 17.7 Å². The van der Waals surface area contributed by atoms with E-state index in [2.05, 4.69) is 32.7 Å². The molecule has 4 nitrogen and oxygen atoms in total. The summed E-state index contributed by atoms with van der Waals surface area (Å²) in [4.78, 5) is 18.8. The molecule has 2 aliphatic heterocycles. The first-order valence-corrected chi connectivity index (χ1v) is 6.76. The molecule has 0 atom stereocenters. The summed E-state index contributed by atoms with van der Waals surface area (Å²) in [5, 5.41) is 5.08. The van der Waals surface area contributed by atoms with Gasteiger partial charge in [0.05, 0.1) is 5.54 Å². The summed E-state index contributed by atoms with van der Waals surface area (Å²) < 4.78 is 0. The number of hydrogen-bond acceptors (Lipinski definition) is 3. The number of rotatable bonds is 2. The van der Waals surface area contributed by atoms with Gasteiger partial charge >= 0.3 is 6.03 Å². The van der Waals surface area contributed by atoms with Crippen LogP contribution in [0, 0.1) is 0 Å². The van der Waals surface area contributed by atoms with Crippen molar-refractivity contribution in [3.63, 3.8) is 0 Å². The second kappa shape index (κ2) is 4.23. The first-order valence-electron chi connectivity index (χ1n) is 5.88. The lowest BCUT2D eigenvalue weighted by Gasteiger charge is -2.37. The van der Waals surface area contributed by atoms with Crippen molar-refractivity contribution in [2.75, 3.05) is 13.1 Å². The molecule has 2 aliphatic rings. The SMILES string of the molecule is O=C1N=CC2(CCN(Cc3cccs3)CC2)N1. The Morgan fingerprint density at radius 2 is 2.29 bits per heavy atom. The minimum Gasteiger partial charge on any atom is -0.326 e. The Kier molecular flexibility index (Phi) is 2.72. The highest BCUT2D eigenvalue weighted by atomic mass is 32.1. The maximum atomic E-state index is 11.1. The largest absolute Gasteiger partial charge is 0.341 e. The quantitative estimate of drug-likeness (QED) is 0.869. The van der Waals surface area contributed by atoms with Crippen LogP contribution >= 0.6 is 11.3 Å². The third-order valence-electron chi connectivity index (χ3n) is 3.49. The topological polar surface area (TPSA) is 44.7 Å². The van der Waals surface area contributed by atoms with Crippen molar-refractivity contribution >= 4 is 23.6 Å². The molecule has 1 aromatic rings. The van der Waals surface area contributed by atoms with Crippen LogP contribution in [-0.2, 0) is 6.54 Å². The zero-order valence-corrected chi connectivity index (χ0v) is 10.4. The molecule has 0 aromatic carbocycles. The molecule has 1 aromatic heterocycles. The Labute approximate surface area is 104 Å². The van der Waals surface area contributed by atoms with Crippen molar-refractivity contribution in [2.45, 2.75) is 24.9 Å². The maximum Gasteiger partial charge on any atom is 0.341 e. The number of urea groups is 1. The molecule has 1 spiro atoms. The van der Waals surface area contributed by atoms with E-state index in [4.69, 9.17) is 0 Å². The number of carbonyl (C=O) groups excluding carboxylic acids is 1. The average molecular weight is 249 g/mol. The third kappa shape index (κ3) is 2.25. The van der Waals surface area contributed by atoms with Crippen molar-refractivity contribution in [2.24, 2.45) is 4.99 Å². The first-order chi connectivity index (χ1) is 8.26. The summed E-state index contributed by atoms with van der Waals surface area (Å²) >= 11 is 1.80. The lowest BCUT2D eigenvalue weighted by Crippen LogP contribution is -2.52. The van der Waals surface area contributed by atoms with Gasteiger partial charge in [-0.2, -0.15) is 0 Å². The molecule has 0 unspecified atom stereocenters. The standard InChI is InChI=1S/C12H15N3OS/c16-11-13-9-12(14-11)3-5-15(6-4-12)8-10-2-1-7-17-10/h1-2,7,9H,3-6,8H2,(H,14,16). The average Bonchev–Trinajstić information content (AvgIpc) is 2.93. The number of carbonyl (C=O) groups is 1. The fraction of sp³-hybridized carbons (Fsp3) is 0.500. The summed E-state index contributed by atoms with van der Waals surface area (Å²) in [6, 6.07) is 4.08. The van der Waals surface area contributed by atoms with E-state index >= 15 is 0 Å². The number of likely N-dealkylation sites (tertiary alicyclic amines) is 1. The maximum absolute atomic E-state index is 11.1. The van der Waals surface area contributed by atoms with E-state index in [1.165, 1.54) is 4.88 Å². The fourth-order valence-corrected chi connectivity index (χ4v) is 3.19. The molecule has 90 valence electrons. The lowest BCUT2D eigenvalue weighted by atomic mass is 9.89. The van der Waals surface area contributed by atoms with Gasteiger partial charge in [0, 0.05) is 30.7 Å². The number of aliphatic imine (C=N–C) groups is 1. The predicted molar refractivity (Wildman–Crippen MR) is 68.6 cm³/mol. The highest BCUT2D eigenvalue weighted by Gasteiger charge is 2.37. The molecule has 0 bridgehead atoms. The van der Waals surface area contributed by atoms with Gasteiger partial charge in [0.25, 0.3) is 0 Å². The number of nitrogens with zero attached hydrogens (tertiary/aromatic N) is 2. The molecular formula is C12H15N3OS. The van der Waals surface area contributed by atoms with Gasteiger partial charge in [0.15, 0.2) is 0 Å². The second-order valence-corrected chi connectivity index (χ2v) is 5.73. The number of amides is 2. The zero-order valence-electron chi connectivity index (χ0n) is 9.56. The molecule has 3 heterocycles. The van der Waals surface area contributed by atoms with Gasteiger partial charge in [-0.15, -0.1) is 11.3 Å². The predicted octanol–water partition coefficient (Wildman–Crippen LogP) is 1.88. The van der Waals surface area contributed by atoms with E-state index in [1.807, 2.05) is 0 Å². The van der Waals surface area contributed by atoms with Crippen molar-refractivity contribution in [3.05, 3.63) is 22.4 Å². The molecule has 0 radical (unpaired) electrons. The van der Waals surface area contributed by atoms with E-state index in [-0.39, 0.29) is 11.6 Å². The van der Waals surface area contributed by atoms with Crippen LogP contribution in [0.4, 0.5) is 4.79 Å². The number of nitrogens with one attached hydrogen (secondary N) is 1. The smallest absolute Gasteiger partial charge is 0.326 e. The summed E-state index contributed by atoms with van der Waals surface area (Å²) in [7, 11) is 0. The highest BCUT2D eigenvalue weighted by Crippen LogP contribution is 2.25. The molecule has 2 amide bonds. The molecule has 1 saturated heterocycles. The van der Waals surface area contributed by atoms with Crippen LogP contribution < -0.4 is 5.32 Å². The second-order valence-electron chi connectivity index (χ2n) is 4.70. The Hall–Kier alpha value is -1.20. The van der Waals surface area contributed by atoms with Crippen molar-refractivity contribution in [1.82, 2.24) is 10.2 Å². The van der Waals surface area contributed by atoms with Gasteiger partial charge in [-0.05, 0) is 24.3 Å². The van der Waals surface area contributed by atoms with Gasteiger partial charge < -0.3 is 5.32 Å². The molecular weight excluding hydrogens is 234 g/mol. The molecule has 5 heteroatoms. The van der Waals surface area contributed by atoms with Gasteiger partial charge in [-0.25, -0.2) is 9.79 Å². The van der Waals surface area contributed by atoms with Gasteiger partial charge in [-0.1, -0.05) is 6.07 Å². The fourth-order valence-electron chi connectivity index (χ4n) is 2.45. The van der Waals surface area contributed by atoms with Gasteiger partial charge in [0.1, 0.15) is 0 Å². The number of thiophene rings is 1. The monoisotopic (exact) mass is 249 g/mol. The number of hydrogen-bond donors (Lipinski definition) is 1. The minimum absolute atomic E-state index is 0.150. The molecule has 1 fully saturated rings. The molecule has 3 rings (SSSR count). The Balaban J connectivity index is 1.58. The summed E-state index contributed by atoms with van der Waals surface area (Å²) in [5.74, 6) is 0. The van der Waals surface area contributed by atoms with Gasteiger partial charge in [0.2, 0.25) is 0 Å². The molecule has 0 aliphatic carbocycles. The summed E-state index contributed by atoms with van der Waals surface area (Å²) in [5.41, 5.74) is -0.150. The minimum atomic E-state index is -0.184. The molecule has 1 N–H and O–H groups in total. The lowest BCUT2D eigenvalue weighted by molar-refractivity contribution is 0.175. The van der Waals surface area contributed by atoms with Crippen molar-refractivity contribution in [3.8, 4) is 0 Å². The van der Waals surface area contributed by atoms with E-state index in [0.29, 0.717) is 0 Å². The zero-order chi connectivity index (χ0) is 11.7. The molecule has 0 saturated carbocycles. The van der Waals surface area contributed by atoms with Crippen LogP contribution in [0.25, 0.3) is 0 Å². The normalized spacial score (nSPS) is 23.2. The van der Waals surface area contributed by atoms with Crippen molar-refractivity contribution in [1.29, 1.82) is 0 Å². The highest BCUT2D eigenvalue weighted by molar-refractivity contribution is 7.09. The van der Waals surface area contributed by atoms with E-state index in [1.54, 1.807) is 17.6 Å². The number of piperidine rings is 1. The van der Waals surface area contributed by atoms with Crippen LogP contribution in [0.15, 0.2) is 22.5 Å². The third-order valence-corrected chi connectivity index (χ3v) is 4.35. The van der Waals surface area contributed by atoms with E-state index in [9.17, 15) is 4.79 Å². The van der Waals surface area contributed by atoms with Crippen LogP contribution in [0.5, 0.6) is 0 Å². The summed E-state index contributed by atoms with van der Waals surface area (Å²) in [6.07, 6.45) is 3.74. The van der Waals surface area contributed by atoms with E-state index < -0.39 is 0 Å². The van der Waals surface area contributed by atoms with Gasteiger partial charge in [-0.3, -0.25) is 4.90 Å². The Bertz CT molecular complexity index is 433. The van der Waals surface area contributed by atoms with Crippen LogP contribution in [0.2, 0.25) is 0 Å². The Morgan fingerprint density at radius 3 is 2.88 bits per heavy atom. The van der Waals surface area contributed by atoms with E-state index in [0.717, 1.165) is 32.5 Å². The van der Waals surface area contributed by atoms with Crippen LogP contribution in [0.3, 0.4) is 0 Å². The molecule has 17 heavy (non-hydrogen) atoms.